The number of rotatable bonds is 1. The molecule has 4 nitrogen and oxygen atoms in total. The van der Waals surface area contributed by atoms with E-state index in [1.165, 1.54) is 0 Å². The molecule has 0 spiro atoms. The number of hydrogen-bond acceptors (Lipinski definition) is 4. The molecule has 3 aromatic rings. The van der Waals surface area contributed by atoms with Gasteiger partial charge in [0.05, 0.1) is 22.7 Å². The van der Waals surface area contributed by atoms with Crippen LogP contribution in [0.2, 0.25) is 10.2 Å². The molecule has 0 atom stereocenters. The molecule has 0 unspecified atom stereocenters. The number of hydrogen-bond donors (Lipinski definition) is 0. The molecule has 0 N–H and O–H groups in total. The van der Waals surface area contributed by atoms with E-state index >= 15 is 0 Å². The van der Waals surface area contributed by atoms with Gasteiger partial charge in [-0.1, -0.05) is 40.5 Å². The van der Waals surface area contributed by atoms with Gasteiger partial charge in [-0.05, 0) is 31.2 Å². The molecular weight excluding hydrogens is 333 g/mol. The highest BCUT2D eigenvalue weighted by Crippen LogP contribution is 2.34. The van der Waals surface area contributed by atoms with Crippen LogP contribution >= 0.6 is 23.2 Å². The third-order valence-corrected chi connectivity index (χ3v) is 4.25. The van der Waals surface area contributed by atoms with Crippen LogP contribution in [0.25, 0.3) is 11.1 Å². The Balaban J connectivity index is 1.98. The number of aromatic nitrogens is 2. The number of benzene rings is 1. The van der Waals surface area contributed by atoms with E-state index < -0.39 is 0 Å². The molecule has 0 saturated carbocycles. The number of halogens is 2. The average Bonchev–Trinajstić information content (AvgIpc) is 2.82. The van der Waals surface area contributed by atoms with Crippen LogP contribution in [0.5, 0.6) is 0 Å². The summed E-state index contributed by atoms with van der Waals surface area (Å²) in [5, 5.41) is 5.14. The zero-order valence-electron chi connectivity index (χ0n) is 12.2. The Morgan fingerprint density at radius 1 is 1.04 bits per heavy atom. The molecule has 0 aliphatic carbocycles. The van der Waals surface area contributed by atoms with Gasteiger partial charge in [-0.2, -0.15) is 0 Å². The molecule has 4 rings (SSSR count). The van der Waals surface area contributed by atoms with Crippen molar-refractivity contribution < 1.29 is 4.52 Å². The van der Waals surface area contributed by atoms with E-state index in [1.54, 1.807) is 6.07 Å². The first-order valence-corrected chi connectivity index (χ1v) is 7.82. The molecule has 0 bridgehead atoms. The maximum absolute atomic E-state index is 6.12. The predicted octanol–water partition coefficient (Wildman–Crippen LogP) is 4.70. The molecule has 0 saturated heterocycles. The Hall–Kier alpha value is -2.17. The van der Waals surface area contributed by atoms with Crippen LogP contribution in [0.3, 0.4) is 0 Å². The SMILES string of the molecule is Cc1noc2c1-c1ccc(Cl)nc1C(c1ccc(Cl)cc1)=NC2. The molecule has 0 fully saturated rings. The van der Waals surface area contributed by atoms with Crippen molar-refractivity contribution in [3.63, 3.8) is 0 Å². The summed E-state index contributed by atoms with van der Waals surface area (Å²) in [7, 11) is 0. The molecule has 3 heterocycles. The van der Waals surface area contributed by atoms with Crippen molar-refractivity contribution in [2.45, 2.75) is 13.5 Å². The minimum Gasteiger partial charge on any atom is -0.358 e. The largest absolute Gasteiger partial charge is 0.358 e. The van der Waals surface area contributed by atoms with Crippen LogP contribution in [-0.2, 0) is 6.54 Å². The van der Waals surface area contributed by atoms with Gasteiger partial charge in [-0.25, -0.2) is 4.98 Å². The minimum atomic E-state index is 0.405. The number of fused-ring (bicyclic) bond motifs is 3. The van der Waals surface area contributed by atoms with E-state index in [9.17, 15) is 0 Å². The van der Waals surface area contributed by atoms with Gasteiger partial charge in [0.1, 0.15) is 11.7 Å². The van der Waals surface area contributed by atoms with Crippen LogP contribution in [0, 0.1) is 6.92 Å². The smallest absolute Gasteiger partial charge is 0.166 e. The summed E-state index contributed by atoms with van der Waals surface area (Å²) in [6.45, 7) is 2.32. The van der Waals surface area contributed by atoms with Crippen molar-refractivity contribution >= 4 is 28.9 Å². The van der Waals surface area contributed by atoms with Gasteiger partial charge in [0.15, 0.2) is 5.76 Å². The molecule has 1 aromatic carbocycles. The highest BCUT2D eigenvalue weighted by atomic mass is 35.5. The lowest BCUT2D eigenvalue weighted by Gasteiger charge is -2.10. The molecule has 2 aromatic heterocycles. The third-order valence-electron chi connectivity index (χ3n) is 3.79. The van der Waals surface area contributed by atoms with E-state index in [2.05, 4.69) is 15.1 Å². The van der Waals surface area contributed by atoms with Crippen molar-refractivity contribution in [3.05, 3.63) is 69.3 Å². The fraction of sp³-hybridized carbons (Fsp3) is 0.118. The molecule has 0 radical (unpaired) electrons. The van der Waals surface area contributed by atoms with E-state index in [0.717, 1.165) is 39.6 Å². The van der Waals surface area contributed by atoms with Gasteiger partial charge < -0.3 is 4.52 Å². The second-order valence-electron chi connectivity index (χ2n) is 5.27. The highest BCUT2D eigenvalue weighted by molar-refractivity contribution is 6.31. The van der Waals surface area contributed by atoms with Crippen LogP contribution in [-0.4, -0.2) is 15.9 Å². The Kier molecular flexibility index (Phi) is 3.43. The topological polar surface area (TPSA) is 51.3 Å². The summed E-state index contributed by atoms with van der Waals surface area (Å²) in [5.41, 5.74) is 5.11. The molecule has 0 amide bonds. The van der Waals surface area contributed by atoms with Crippen LogP contribution in [0.15, 0.2) is 45.9 Å². The third kappa shape index (κ3) is 2.44. The lowest BCUT2D eigenvalue weighted by atomic mass is 9.98. The summed E-state index contributed by atoms with van der Waals surface area (Å²) in [4.78, 5) is 9.18. The number of pyridine rings is 1. The Morgan fingerprint density at radius 2 is 1.83 bits per heavy atom. The zero-order chi connectivity index (χ0) is 16.0. The molecule has 1 aliphatic heterocycles. The Labute approximate surface area is 142 Å². The first-order valence-electron chi connectivity index (χ1n) is 7.06. The Bertz CT molecular complexity index is 930. The first kappa shape index (κ1) is 14.4. The van der Waals surface area contributed by atoms with E-state index in [0.29, 0.717) is 16.7 Å². The maximum atomic E-state index is 6.12. The van der Waals surface area contributed by atoms with E-state index in [1.807, 2.05) is 37.3 Å². The number of nitrogens with zero attached hydrogens (tertiary/aromatic N) is 3. The van der Waals surface area contributed by atoms with Gasteiger partial charge in [-0.15, -0.1) is 0 Å². The molecule has 23 heavy (non-hydrogen) atoms. The second kappa shape index (κ2) is 5.48. The van der Waals surface area contributed by atoms with Gasteiger partial charge in [0, 0.05) is 16.1 Å². The van der Waals surface area contributed by atoms with Gasteiger partial charge in [0.25, 0.3) is 0 Å². The van der Waals surface area contributed by atoms with Crippen LogP contribution in [0.1, 0.15) is 22.7 Å². The predicted molar refractivity (Wildman–Crippen MR) is 90.3 cm³/mol. The highest BCUT2D eigenvalue weighted by Gasteiger charge is 2.25. The first-order chi connectivity index (χ1) is 11.1. The van der Waals surface area contributed by atoms with E-state index in [4.69, 9.17) is 27.7 Å². The summed E-state index contributed by atoms with van der Waals surface area (Å²) < 4.78 is 5.42. The maximum Gasteiger partial charge on any atom is 0.166 e. The quantitative estimate of drug-likeness (QED) is 0.601. The van der Waals surface area contributed by atoms with Crippen molar-refractivity contribution in [2.24, 2.45) is 4.99 Å². The average molecular weight is 344 g/mol. The summed E-state index contributed by atoms with van der Waals surface area (Å²) >= 11 is 12.1. The monoisotopic (exact) mass is 343 g/mol. The molecular formula is C17H11Cl2N3O. The Morgan fingerprint density at radius 3 is 2.61 bits per heavy atom. The van der Waals surface area contributed by atoms with Crippen molar-refractivity contribution in [2.75, 3.05) is 0 Å². The zero-order valence-corrected chi connectivity index (χ0v) is 13.7. The molecule has 114 valence electrons. The van der Waals surface area contributed by atoms with Gasteiger partial charge in [0.2, 0.25) is 0 Å². The fourth-order valence-corrected chi connectivity index (χ4v) is 3.02. The van der Waals surface area contributed by atoms with Gasteiger partial charge >= 0.3 is 0 Å². The fourth-order valence-electron chi connectivity index (χ4n) is 2.75. The van der Waals surface area contributed by atoms with Gasteiger partial charge in [-0.3, -0.25) is 4.99 Å². The molecule has 6 heteroatoms. The van der Waals surface area contributed by atoms with Crippen molar-refractivity contribution in [1.82, 2.24) is 10.1 Å². The molecule has 1 aliphatic rings. The summed E-state index contributed by atoms with van der Waals surface area (Å²) in [5.74, 6) is 0.733. The number of aryl methyl sites for hydroxylation is 1. The van der Waals surface area contributed by atoms with E-state index in [-0.39, 0.29) is 0 Å². The lowest BCUT2D eigenvalue weighted by Crippen LogP contribution is -2.07. The second-order valence-corrected chi connectivity index (χ2v) is 6.09. The summed E-state index contributed by atoms with van der Waals surface area (Å²) in [6, 6.07) is 11.2. The normalized spacial score (nSPS) is 13.1. The minimum absolute atomic E-state index is 0.405. The van der Waals surface area contributed by atoms with Crippen molar-refractivity contribution in [3.8, 4) is 11.1 Å². The number of aliphatic imine (C=N–C) groups is 1. The van der Waals surface area contributed by atoms with Crippen LogP contribution in [0.4, 0.5) is 0 Å². The summed E-state index contributed by atoms with van der Waals surface area (Å²) in [6.07, 6.45) is 0. The van der Waals surface area contributed by atoms with Crippen LogP contribution < -0.4 is 0 Å². The van der Waals surface area contributed by atoms with Crippen molar-refractivity contribution in [1.29, 1.82) is 0 Å². The lowest BCUT2D eigenvalue weighted by molar-refractivity contribution is 0.382. The standard InChI is InChI=1S/C17H11Cl2N3O/c1-9-15-12-6-7-14(19)21-17(12)16(20-8-13(15)23-22-9)10-2-4-11(18)5-3-10/h2-7H,8H2,1H3.